The van der Waals surface area contributed by atoms with Gasteiger partial charge in [0.2, 0.25) is 0 Å². The van der Waals surface area contributed by atoms with Crippen LogP contribution in [-0.4, -0.2) is 36.5 Å². The largest absolute Gasteiger partial charge is 0.479 e. The maximum absolute atomic E-state index is 12.4. The minimum Gasteiger partial charge on any atom is -0.479 e. The summed E-state index contributed by atoms with van der Waals surface area (Å²) in [7, 11) is 0. The van der Waals surface area contributed by atoms with Gasteiger partial charge in [0.05, 0.1) is 4.47 Å². The molecule has 0 saturated carbocycles. The summed E-state index contributed by atoms with van der Waals surface area (Å²) < 4.78 is 6.86. The van der Waals surface area contributed by atoms with E-state index in [1.807, 2.05) is 30.0 Å². The lowest BCUT2D eigenvalue weighted by Gasteiger charge is -2.23. The summed E-state index contributed by atoms with van der Waals surface area (Å²) in [5, 5.41) is 3.29. The van der Waals surface area contributed by atoms with Crippen LogP contribution in [0.1, 0.15) is 32.3 Å². The Labute approximate surface area is 135 Å². The molecule has 1 aliphatic rings. The first-order chi connectivity index (χ1) is 10.1. The molecule has 1 amide bonds. The van der Waals surface area contributed by atoms with Crippen molar-refractivity contribution in [2.75, 3.05) is 19.6 Å². The minimum absolute atomic E-state index is 0.0812. The van der Waals surface area contributed by atoms with E-state index >= 15 is 0 Å². The first-order valence-corrected chi connectivity index (χ1v) is 8.36. The molecule has 1 aliphatic heterocycles. The van der Waals surface area contributed by atoms with Gasteiger partial charge in [-0.2, -0.15) is 0 Å². The molecule has 1 aromatic carbocycles. The second-order valence-corrected chi connectivity index (χ2v) is 6.16. The van der Waals surface area contributed by atoms with Crippen LogP contribution < -0.4 is 10.1 Å². The molecule has 1 N–H and O–H groups in total. The lowest BCUT2D eigenvalue weighted by atomic mass is 10.2. The van der Waals surface area contributed by atoms with Crippen LogP contribution in [0.5, 0.6) is 5.75 Å². The van der Waals surface area contributed by atoms with Crippen LogP contribution in [0, 0.1) is 0 Å². The Kier molecular flexibility index (Phi) is 6.06. The van der Waals surface area contributed by atoms with E-state index < -0.39 is 6.10 Å². The number of halogens is 1. The minimum atomic E-state index is -0.456. The second-order valence-electron chi connectivity index (χ2n) is 5.30. The number of rotatable bonds is 6. The van der Waals surface area contributed by atoms with Gasteiger partial charge in [0.15, 0.2) is 6.10 Å². The molecule has 4 nitrogen and oxygen atoms in total. The van der Waals surface area contributed by atoms with Crippen molar-refractivity contribution in [3.63, 3.8) is 0 Å². The average molecular weight is 355 g/mol. The maximum atomic E-state index is 12.4. The molecule has 1 aromatic rings. The van der Waals surface area contributed by atoms with Gasteiger partial charge in [0.25, 0.3) is 5.91 Å². The third kappa shape index (κ3) is 4.20. The van der Waals surface area contributed by atoms with E-state index in [2.05, 4.69) is 28.2 Å². The molecule has 21 heavy (non-hydrogen) atoms. The Hall–Kier alpha value is -1.07. The fourth-order valence-electron chi connectivity index (χ4n) is 2.51. The summed E-state index contributed by atoms with van der Waals surface area (Å²) in [6.07, 6.45) is 1.74. The number of hydrogen-bond acceptors (Lipinski definition) is 3. The number of ether oxygens (including phenoxy) is 1. The van der Waals surface area contributed by atoms with Crippen LogP contribution in [0.15, 0.2) is 22.7 Å². The van der Waals surface area contributed by atoms with E-state index in [1.54, 1.807) is 0 Å². The van der Waals surface area contributed by atoms with Gasteiger partial charge in [-0.1, -0.05) is 19.1 Å². The highest BCUT2D eigenvalue weighted by Crippen LogP contribution is 2.30. The van der Waals surface area contributed by atoms with Crippen molar-refractivity contribution >= 4 is 21.8 Å². The number of likely N-dealkylation sites (tertiary alicyclic amines) is 1. The monoisotopic (exact) mass is 354 g/mol. The smallest absolute Gasteiger partial charge is 0.263 e. The molecular weight excluding hydrogens is 332 g/mol. The van der Waals surface area contributed by atoms with E-state index in [1.165, 1.54) is 0 Å². The number of benzene rings is 1. The van der Waals surface area contributed by atoms with Crippen LogP contribution in [0.4, 0.5) is 0 Å². The molecule has 1 unspecified atom stereocenters. The highest BCUT2D eigenvalue weighted by Gasteiger charge is 2.25. The first kappa shape index (κ1) is 16.3. The van der Waals surface area contributed by atoms with Crippen LogP contribution >= 0.6 is 15.9 Å². The molecule has 2 rings (SSSR count). The van der Waals surface area contributed by atoms with Crippen molar-refractivity contribution in [3.8, 4) is 5.75 Å². The van der Waals surface area contributed by atoms with Gasteiger partial charge < -0.3 is 15.0 Å². The van der Waals surface area contributed by atoms with Gasteiger partial charge in [0.1, 0.15) is 5.75 Å². The number of nitrogens with zero attached hydrogens (tertiary/aromatic N) is 1. The van der Waals surface area contributed by atoms with E-state index in [0.717, 1.165) is 54.8 Å². The summed E-state index contributed by atoms with van der Waals surface area (Å²) in [5.74, 6) is 0.844. The van der Waals surface area contributed by atoms with Crippen molar-refractivity contribution < 1.29 is 9.53 Å². The quantitative estimate of drug-likeness (QED) is 0.853. The molecule has 1 heterocycles. The standard InChI is InChI=1S/C16H23BrN2O2/c1-3-18-11-13-7-6-8-14(17)15(13)21-12(2)16(20)19-9-4-5-10-19/h6-8,12,18H,3-5,9-11H2,1-2H3. The fourth-order valence-corrected chi connectivity index (χ4v) is 3.01. The van der Waals surface area contributed by atoms with E-state index in [-0.39, 0.29) is 5.91 Å². The van der Waals surface area contributed by atoms with Crippen molar-refractivity contribution in [1.29, 1.82) is 0 Å². The lowest BCUT2D eigenvalue weighted by Crippen LogP contribution is -2.38. The second kappa shape index (κ2) is 7.80. The van der Waals surface area contributed by atoms with Crippen LogP contribution in [0.3, 0.4) is 0 Å². The fraction of sp³-hybridized carbons (Fsp3) is 0.562. The normalized spacial score (nSPS) is 16.0. The highest BCUT2D eigenvalue weighted by atomic mass is 79.9. The predicted molar refractivity (Wildman–Crippen MR) is 87.4 cm³/mol. The van der Waals surface area contributed by atoms with Gasteiger partial charge >= 0.3 is 0 Å². The van der Waals surface area contributed by atoms with Crippen LogP contribution in [0.25, 0.3) is 0 Å². The maximum Gasteiger partial charge on any atom is 0.263 e. The Morgan fingerprint density at radius 3 is 2.81 bits per heavy atom. The third-order valence-corrected chi connectivity index (χ3v) is 4.30. The summed E-state index contributed by atoms with van der Waals surface area (Å²) in [4.78, 5) is 14.3. The number of hydrogen-bond donors (Lipinski definition) is 1. The Morgan fingerprint density at radius 1 is 1.43 bits per heavy atom. The van der Waals surface area contributed by atoms with Gasteiger partial charge in [0, 0.05) is 25.2 Å². The zero-order valence-electron chi connectivity index (χ0n) is 12.7. The van der Waals surface area contributed by atoms with E-state index in [4.69, 9.17) is 4.74 Å². The number of carbonyl (C=O) groups excluding carboxylic acids is 1. The third-order valence-electron chi connectivity index (χ3n) is 3.67. The van der Waals surface area contributed by atoms with Crippen molar-refractivity contribution in [3.05, 3.63) is 28.2 Å². The van der Waals surface area contributed by atoms with Crippen molar-refractivity contribution in [2.45, 2.75) is 39.3 Å². The highest BCUT2D eigenvalue weighted by molar-refractivity contribution is 9.10. The predicted octanol–water partition coefficient (Wildman–Crippen LogP) is 2.95. The summed E-state index contributed by atoms with van der Waals surface area (Å²) in [6, 6.07) is 5.95. The number of nitrogens with one attached hydrogen (secondary N) is 1. The molecule has 116 valence electrons. The molecule has 1 fully saturated rings. The van der Waals surface area contributed by atoms with Gasteiger partial charge in [-0.25, -0.2) is 0 Å². The van der Waals surface area contributed by atoms with Crippen LogP contribution in [0.2, 0.25) is 0 Å². The number of carbonyl (C=O) groups is 1. The molecule has 0 bridgehead atoms. The van der Waals surface area contributed by atoms with Gasteiger partial charge in [-0.3, -0.25) is 4.79 Å². The molecule has 1 atom stereocenters. The molecule has 0 aromatic heterocycles. The Balaban J connectivity index is 2.08. The summed E-state index contributed by atoms with van der Waals surface area (Å²) in [6.45, 7) is 7.23. The van der Waals surface area contributed by atoms with Crippen molar-refractivity contribution in [2.24, 2.45) is 0 Å². The van der Waals surface area contributed by atoms with Crippen LogP contribution in [-0.2, 0) is 11.3 Å². The zero-order chi connectivity index (χ0) is 15.2. The molecule has 0 aliphatic carbocycles. The Bertz CT molecular complexity index is 487. The molecule has 0 spiro atoms. The topological polar surface area (TPSA) is 41.6 Å². The van der Waals surface area contributed by atoms with Crippen molar-refractivity contribution in [1.82, 2.24) is 10.2 Å². The van der Waals surface area contributed by atoms with E-state index in [9.17, 15) is 4.79 Å². The number of amides is 1. The van der Waals surface area contributed by atoms with Gasteiger partial charge in [-0.05, 0) is 48.3 Å². The Morgan fingerprint density at radius 2 is 2.14 bits per heavy atom. The summed E-state index contributed by atoms with van der Waals surface area (Å²) in [5.41, 5.74) is 1.06. The summed E-state index contributed by atoms with van der Waals surface area (Å²) >= 11 is 3.52. The SMILES string of the molecule is CCNCc1cccc(Br)c1OC(C)C(=O)N1CCCC1. The zero-order valence-corrected chi connectivity index (χ0v) is 14.3. The molecule has 0 radical (unpaired) electrons. The lowest BCUT2D eigenvalue weighted by molar-refractivity contribution is -0.136. The number of para-hydroxylation sites is 1. The first-order valence-electron chi connectivity index (χ1n) is 7.57. The average Bonchev–Trinajstić information content (AvgIpc) is 3.01. The van der Waals surface area contributed by atoms with Gasteiger partial charge in [-0.15, -0.1) is 0 Å². The molecule has 1 saturated heterocycles. The molecule has 5 heteroatoms. The molecular formula is C16H23BrN2O2. The van der Waals surface area contributed by atoms with E-state index in [0.29, 0.717) is 0 Å².